The third-order valence-corrected chi connectivity index (χ3v) is 4.54. The van der Waals surface area contributed by atoms with Crippen LogP contribution in [0.25, 0.3) is 0 Å². The Bertz CT molecular complexity index is 761. The van der Waals surface area contributed by atoms with Crippen molar-refractivity contribution in [2.75, 3.05) is 25.1 Å². The van der Waals surface area contributed by atoms with Gasteiger partial charge in [0, 0.05) is 24.8 Å². The van der Waals surface area contributed by atoms with Crippen LogP contribution in [0.15, 0.2) is 54.6 Å². The summed E-state index contributed by atoms with van der Waals surface area (Å²) in [5.41, 5.74) is 1.76. The van der Waals surface area contributed by atoms with Crippen LogP contribution in [0.3, 0.4) is 0 Å². The molecule has 0 aliphatic carbocycles. The monoisotopic (exact) mass is 338 g/mol. The van der Waals surface area contributed by atoms with Gasteiger partial charge in [0.25, 0.3) is 0 Å². The van der Waals surface area contributed by atoms with Crippen molar-refractivity contribution in [2.24, 2.45) is 0 Å². The second kappa shape index (κ2) is 7.38. The summed E-state index contributed by atoms with van der Waals surface area (Å²) < 4.78 is 5.23. The minimum absolute atomic E-state index is 0.0163. The molecule has 0 saturated carbocycles. The first kappa shape index (κ1) is 17.0. The molecule has 0 N–H and O–H groups in total. The molecule has 2 aromatic rings. The third-order valence-electron chi connectivity index (χ3n) is 4.54. The van der Waals surface area contributed by atoms with E-state index in [9.17, 15) is 9.59 Å². The Balaban J connectivity index is 1.71. The van der Waals surface area contributed by atoms with Gasteiger partial charge in [0.1, 0.15) is 11.8 Å². The molecular weight excluding hydrogens is 316 g/mol. The topological polar surface area (TPSA) is 49.9 Å². The number of anilines is 1. The van der Waals surface area contributed by atoms with Gasteiger partial charge in [-0.15, -0.1) is 0 Å². The maximum atomic E-state index is 12.8. The number of carbonyl (C=O) groups excluding carboxylic acids is 2. The largest absolute Gasteiger partial charge is 0.497 e. The van der Waals surface area contributed by atoms with Gasteiger partial charge in [0.15, 0.2) is 0 Å². The van der Waals surface area contributed by atoms with E-state index in [1.807, 2.05) is 54.6 Å². The van der Waals surface area contributed by atoms with Crippen molar-refractivity contribution in [1.82, 2.24) is 4.90 Å². The molecule has 0 aromatic heterocycles. The fourth-order valence-electron chi connectivity index (χ4n) is 3.12. The Labute approximate surface area is 147 Å². The average molecular weight is 338 g/mol. The Morgan fingerprint density at radius 3 is 2.60 bits per heavy atom. The van der Waals surface area contributed by atoms with E-state index < -0.39 is 6.04 Å². The molecule has 130 valence electrons. The number of hydrogen-bond acceptors (Lipinski definition) is 3. The molecule has 25 heavy (non-hydrogen) atoms. The van der Waals surface area contributed by atoms with Crippen molar-refractivity contribution < 1.29 is 14.3 Å². The maximum absolute atomic E-state index is 12.8. The van der Waals surface area contributed by atoms with Crippen LogP contribution in [-0.2, 0) is 16.0 Å². The molecule has 1 aliphatic rings. The first-order valence-corrected chi connectivity index (χ1v) is 8.39. The van der Waals surface area contributed by atoms with Crippen LogP contribution < -0.4 is 9.64 Å². The molecule has 5 heteroatoms. The van der Waals surface area contributed by atoms with Gasteiger partial charge in [-0.05, 0) is 24.6 Å². The molecule has 1 fully saturated rings. The first-order chi connectivity index (χ1) is 12.1. The smallest absolute Gasteiger partial charge is 0.249 e. The van der Waals surface area contributed by atoms with Crippen molar-refractivity contribution in [2.45, 2.75) is 19.4 Å². The summed E-state index contributed by atoms with van der Waals surface area (Å²) >= 11 is 0. The van der Waals surface area contributed by atoms with Gasteiger partial charge >= 0.3 is 0 Å². The number of ether oxygens (including phenoxy) is 1. The summed E-state index contributed by atoms with van der Waals surface area (Å²) in [7, 11) is 1.60. The molecule has 1 atom stereocenters. The van der Waals surface area contributed by atoms with Crippen molar-refractivity contribution in [1.29, 1.82) is 0 Å². The molecule has 0 spiro atoms. The summed E-state index contributed by atoms with van der Waals surface area (Å²) in [4.78, 5) is 28.8. The molecular formula is C20H22N2O3. The molecule has 3 rings (SSSR count). The minimum atomic E-state index is -0.476. The summed E-state index contributed by atoms with van der Waals surface area (Å²) in [5, 5.41) is 0. The molecule has 2 amide bonds. The number of hydrogen-bond donors (Lipinski definition) is 0. The van der Waals surface area contributed by atoms with Crippen LogP contribution in [0.1, 0.15) is 12.5 Å². The van der Waals surface area contributed by atoms with Crippen LogP contribution in [0, 0.1) is 0 Å². The fourth-order valence-corrected chi connectivity index (χ4v) is 3.12. The lowest BCUT2D eigenvalue weighted by Gasteiger charge is -2.39. The predicted molar refractivity (Wildman–Crippen MR) is 96.7 cm³/mol. The number of benzene rings is 2. The van der Waals surface area contributed by atoms with Crippen LogP contribution in [-0.4, -0.2) is 43.0 Å². The van der Waals surface area contributed by atoms with Crippen LogP contribution in [0.4, 0.5) is 5.69 Å². The Morgan fingerprint density at radius 2 is 1.88 bits per heavy atom. The van der Waals surface area contributed by atoms with Crippen LogP contribution in [0.2, 0.25) is 0 Å². The van der Waals surface area contributed by atoms with E-state index in [1.165, 1.54) is 0 Å². The minimum Gasteiger partial charge on any atom is -0.497 e. The van der Waals surface area contributed by atoms with E-state index in [0.717, 1.165) is 11.3 Å². The maximum Gasteiger partial charge on any atom is 0.249 e. The van der Waals surface area contributed by atoms with Gasteiger partial charge in [-0.3, -0.25) is 9.59 Å². The number of nitrogens with zero attached hydrogens (tertiary/aromatic N) is 2. The zero-order chi connectivity index (χ0) is 17.8. The lowest BCUT2D eigenvalue weighted by molar-refractivity contribution is -0.140. The summed E-state index contributed by atoms with van der Waals surface area (Å²) in [5.74, 6) is 0.624. The standard InChI is InChI=1S/C20H22N2O3/c1-15-20(24)22(17-9-6-10-18(14-17)25-2)12-11-21(15)19(23)13-16-7-4-3-5-8-16/h3-10,14-15H,11-13H2,1-2H3/t15-/m1/s1. The van der Waals surface area contributed by atoms with E-state index in [1.54, 1.807) is 23.8 Å². The summed E-state index contributed by atoms with van der Waals surface area (Å²) in [6.07, 6.45) is 0.317. The van der Waals surface area contributed by atoms with Gasteiger partial charge in [-0.2, -0.15) is 0 Å². The summed E-state index contributed by atoms with van der Waals surface area (Å²) in [6, 6.07) is 16.6. The highest BCUT2D eigenvalue weighted by atomic mass is 16.5. The molecule has 0 bridgehead atoms. The Morgan fingerprint density at radius 1 is 1.12 bits per heavy atom. The van der Waals surface area contributed by atoms with E-state index in [4.69, 9.17) is 4.74 Å². The molecule has 0 radical (unpaired) electrons. The number of rotatable bonds is 4. The number of methoxy groups -OCH3 is 1. The first-order valence-electron chi connectivity index (χ1n) is 8.39. The van der Waals surface area contributed by atoms with Crippen molar-refractivity contribution in [3.63, 3.8) is 0 Å². The second-order valence-corrected chi connectivity index (χ2v) is 6.12. The lowest BCUT2D eigenvalue weighted by Crippen LogP contribution is -2.58. The molecule has 5 nitrogen and oxygen atoms in total. The van der Waals surface area contributed by atoms with E-state index in [2.05, 4.69) is 0 Å². The van der Waals surface area contributed by atoms with Gasteiger partial charge in [-0.1, -0.05) is 36.4 Å². The molecule has 1 heterocycles. The highest BCUT2D eigenvalue weighted by Gasteiger charge is 2.34. The zero-order valence-corrected chi connectivity index (χ0v) is 14.5. The number of carbonyl (C=O) groups is 2. The quantitative estimate of drug-likeness (QED) is 0.861. The van der Waals surface area contributed by atoms with Crippen LogP contribution >= 0.6 is 0 Å². The molecule has 0 unspecified atom stereocenters. The SMILES string of the molecule is COc1cccc(N2CCN(C(=O)Cc3ccccc3)[C@H](C)C2=O)c1. The van der Waals surface area contributed by atoms with Gasteiger partial charge in [0.2, 0.25) is 11.8 Å². The van der Waals surface area contributed by atoms with Crippen molar-refractivity contribution >= 4 is 17.5 Å². The van der Waals surface area contributed by atoms with Gasteiger partial charge in [0.05, 0.1) is 13.5 Å². The number of piperazine rings is 1. The van der Waals surface area contributed by atoms with E-state index in [0.29, 0.717) is 25.3 Å². The third kappa shape index (κ3) is 3.65. The van der Waals surface area contributed by atoms with Crippen molar-refractivity contribution in [3.8, 4) is 5.75 Å². The Hall–Kier alpha value is -2.82. The zero-order valence-electron chi connectivity index (χ0n) is 14.5. The summed E-state index contributed by atoms with van der Waals surface area (Å²) in [6.45, 7) is 2.80. The van der Waals surface area contributed by atoms with E-state index in [-0.39, 0.29) is 11.8 Å². The average Bonchev–Trinajstić information content (AvgIpc) is 2.64. The predicted octanol–water partition coefficient (Wildman–Crippen LogP) is 2.50. The number of amides is 2. The normalized spacial score (nSPS) is 17.5. The van der Waals surface area contributed by atoms with Crippen LogP contribution in [0.5, 0.6) is 5.75 Å². The van der Waals surface area contributed by atoms with Crippen molar-refractivity contribution in [3.05, 3.63) is 60.2 Å². The molecule has 1 aliphatic heterocycles. The Kier molecular flexibility index (Phi) is 5.03. The van der Waals surface area contributed by atoms with Gasteiger partial charge in [-0.25, -0.2) is 0 Å². The lowest BCUT2D eigenvalue weighted by atomic mass is 10.1. The van der Waals surface area contributed by atoms with Gasteiger partial charge < -0.3 is 14.5 Å². The second-order valence-electron chi connectivity index (χ2n) is 6.12. The van der Waals surface area contributed by atoms with E-state index >= 15 is 0 Å². The molecule has 1 saturated heterocycles. The highest BCUT2D eigenvalue weighted by Crippen LogP contribution is 2.24. The molecule has 2 aromatic carbocycles. The fraction of sp³-hybridized carbons (Fsp3) is 0.300. The highest BCUT2D eigenvalue weighted by molar-refractivity contribution is 6.00.